The van der Waals surface area contributed by atoms with Gasteiger partial charge in [-0.3, -0.25) is 9.59 Å². The number of hydrogen-bond donors (Lipinski definition) is 1. The molecule has 0 saturated carbocycles. The Morgan fingerprint density at radius 1 is 1.13 bits per heavy atom. The number of hydrogen-bond acceptors (Lipinski definition) is 5. The Morgan fingerprint density at radius 2 is 1.90 bits per heavy atom. The van der Waals surface area contributed by atoms with E-state index < -0.39 is 5.54 Å². The summed E-state index contributed by atoms with van der Waals surface area (Å²) in [5.74, 6) is 0.884. The van der Waals surface area contributed by atoms with Crippen LogP contribution in [0.15, 0.2) is 53.3 Å². The van der Waals surface area contributed by atoms with Crippen LogP contribution in [0.5, 0.6) is 11.5 Å². The number of fused-ring (bicyclic) bond motifs is 1. The van der Waals surface area contributed by atoms with Gasteiger partial charge in [0.1, 0.15) is 5.54 Å². The minimum atomic E-state index is -1.25. The van der Waals surface area contributed by atoms with E-state index in [4.69, 9.17) is 21.1 Å². The second-order valence-corrected chi connectivity index (χ2v) is 7.87. The van der Waals surface area contributed by atoms with Crippen LogP contribution >= 0.6 is 11.6 Å². The van der Waals surface area contributed by atoms with Crippen LogP contribution in [0.3, 0.4) is 0 Å². The van der Waals surface area contributed by atoms with Crippen molar-refractivity contribution in [2.24, 2.45) is 0 Å². The summed E-state index contributed by atoms with van der Waals surface area (Å²) in [6, 6.07) is 13.7. The normalized spacial score (nSPS) is 12.7. The van der Waals surface area contributed by atoms with Crippen LogP contribution in [0.2, 0.25) is 5.02 Å². The second-order valence-electron chi connectivity index (χ2n) is 7.46. The lowest BCUT2D eigenvalue weighted by molar-refractivity contribution is -0.123. The fourth-order valence-electron chi connectivity index (χ4n) is 3.14. The quantitative estimate of drug-likeness (QED) is 0.683. The van der Waals surface area contributed by atoms with Gasteiger partial charge in [0.05, 0.1) is 5.69 Å². The molecule has 1 aliphatic rings. The van der Waals surface area contributed by atoms with Gasteiger partial charge in [0.2, 0.25) is 6.79 Å². The number of anilines is 1. The molecular formula is C22H20ClN3O4. The molecule has 0 bridgehead atoms. The van der Waals surface area contributed by atoms with Gasteiger partial charge in [0.15, 0.2) is 11.5 Å². The standard InChI is InChI=1S/C22H20ClN3O4/c1-13-15(23)5-4-6-16(13)24-21(28)22(2,3)26-20(27)10-8-17(25-26)14-7-9-18-19(11-14)30-12-29-18/h4-11H,12H2,1-3H3,(H,24,28). The van der Waals surface area contributed by atoms with E-state index in [1.165, 1.54) is 10.7 Å². The number of rotatable bonds is 4. The zero-order chi connectivity index (χ0) is 21.5. The van der Waals surface area contributed by atoms with Crippen molar-refractivity contribution < 1.29 is 14.3 Å². The lowest BCUT2D eigenvalue weighted by Crippen LogP contribution is -2.47. The predicted molar refractivity (Wildman–Crippen MR) is 114 cm³/mol. The summed E-state index contributed by atoms with van der Waals surface area (Å²) in [7, 11) is 0. The summed E-state index contributed by atoms with van der Waals surface area (Å²) in [6.45, 7) is 5.26. The molecule has 0 saturated heterocycles. The fraction of sp³-hybridized carbons (Fsp3) is 0.227. The van der Waals surface area contributed by atoms with Gasteiger partial charge in [-0.05, 0) is 62.7 Å². The molecule has 0 spiro atoms. The predicted octanol–water partition coefficient (Wildman–Crippen LogP) is 3.97. The molecule has 3 aromatic rings. The lowest BCUT2D eigenvalue weighted by Gasteiger charge is -2.26. The van der Waals surface area contributed by atoms with Gasteiger partial charge in [0.25, 0.3) is 11.5 Å². The van der Waals surface area contributed by atoms with Gasteiger partial charge >= 0.3 is 0 Å². The maximum absolute atomic E-state index is 13.1. The summed E-state index contributed by atoms with van der Waals surface area (Å²) in [6.07, 6.45) is 0. The molecule has 1 N–H and O–H groups in total. The van der Waals surface area contributed by atoms with Crippen LogP contribution in [0.1, 0.15) is 19.4 Å². The third-order valence-electron chi connectivity index (χ3n) is 5.07. The number of nitrogens with one attached hydrogen (secondary N) is 1. The fourth-order valence-corrected chi connectivity index (χ4v) is 3.31. The minimum absolute atomic E-state index is 0.168. The average Bonchev–Trinajstić information content (AvgIpc) is 3.19. The SMILES string of the molecule is Cc1c(Cl)cccc1NC(=O)C(C)(C)n1nc(-c2ccc3c(c2)OCO3)ccc1=O. The summed E-state index contributed by atoms with van der Waals surface area (Å²) < 4.78 is 11.9. The summed E-state index contributed by atoms with van der Waals surface area (Å²) in [4.78, 5) is 25.6. The Morgan fingerprint density at radius 3 is 2.70 bits per heavy atom. The second kappa shape index (κ2) is 7.50. The maximum atomic E-state index is 13.1. The number of benzene rings is 2. The molecule has 30 heavy (non-hydrogen) atoms. The molecule has 4 rings (SSSR count). The third-order valence-corrected chi connectivity index (χ3v) is 5.48. The molecule has 2 heterocycles. The number of carbonyl (C=O) groups excluding carboxylic acids is 1. The van der Waals surface area contributed by atoms with Gasteiger partial charge < -0.3 is 14.8 Å². The number of amides is 1. The minimum Gasteiger partial charge on any atom is -0.454 e. The summed E-state index contributed by atoms with van der Waals surface area (Å²) >= 11 is 6.14. The number of halogens is 1. The molecule has 154 valence electrons. The highest BCUT2D eigenvalue weighted by atomic mass is 35.5. The number of nitrogens with zero attached hydrogens (tertiary/aromatic N) is 2. The molecule has 1 amide bonds. The van der Waals surface area contributed by atoms with Crippen LogP contribution in [0.4, 0.5) is 5.69 Å². The molecule has 0 unspecified atom stereocenters. The van der Waals surface area contributed by atoms with Crippen molar-refractivity contribution in [1.82, 2.24) is 9.78 Å². The van der Waals surface area contributed by atoms with Crippen LogP contribution in [-0.2, 0) is 10.3 Å². The Kier molecular flexibility index (Phi) is 4.99. The number of aromatic nitrogens is 2. The molecule has 0 aliphatic carbocycles. The monoisotopic (exact) mass is 425 g/mol. The lowest BCUT2D eigenvalue weighted by atomic mass is 10.0. The molecule has 0 fully saturated rings. The third kappa shape index (κ3) is 3.52. The Labute approximate surface area is 178 Å². The van der Waals surface area contributed by atoms with Crippen LogP contribution in [-0.4, -0.2) is 22.5 Å². The molecule has 0 radical (unpaired) electrons. The van der Waals surface area contributed by atoms with Crippen molar-refractivity contribution in [2.75, 3.05) is 12.1 Å². The first-order valence-corrected chi connectivity index (χ1v) is 9.72. The van der Waals surface area contributed by atoms with Gasteiger partial charge in [-0.25, -0.2) is 4.68 Å². The first-order chi connectivity index (χ1) is 14.3. The summed E-state index contributed by atoms with van der Waals surface area (Å²) in [5.41, 5.74) is 0.974. The summed E-state index contributed by atoms with van der Waals surface area (Å²) in [5, 5.41) is 7.86. The van der Waals surface area contributed by atoms with Crippen molar-refractivity contribution in [3.63, 3.8) is 0 Å². The first-order valence-electron chi connectivity index (χ1n) is 9.35. The Balaban J connectivity index is 1.68. The topological polar surface area (TPSA) is 82.5 Å². The van der Waals surface area contributed by atoms with Gasteiger partial charge in [-0.1, -0.05) is 17.7 Å². The van der Waals surface area contributed by atoms with E-state index >= 15 is 0 Å². The van der Waals surface area contributed by atoms with Crippen molar-refractivity contribution in [3.05, 3.63) is 69.5 Å². The number of carbonyl (C=O) groups is 1. The van der Waals surface area contributed by atoms with E-state index in [1.807, 2.05) is 13.0 Å². The van der Waals surface area contributed by atoms with Gasteiger partial charge in [-0.15, -0.1) is 0 Å². The largest absolute Gasteiger partial charge is 0.454 e. The Bertz CT molecular complexity index is 1200. The van der Waals surface area contributed by atoms with Crippen molar-refractivity contribution in [1.29, 1.82) is 0 Å². The van der Waals surface area contributed by atoms with E-state index in [0.29, 0.717) is 27.9 Å². The van der Waals surface area contributed by atoms with Crippen molar-refractivity contribution >= 4 is 23.2 Å². The van der Waals surface area contributed by atoms with E-state index in [0.717, 1.165) is 11.1 Å². The van der Waals surface area contributed by atoms with Crippen LogP contribution in [0, 0.1) is 6.92 Å². The highest BCUT2D eigenvalue weighted by molar-refractivity contribution is 6.31. The molecule has 8 heteroatoms. The molecule has 0 atom stereocenters. The molecule has 1 aliphatic heterocycles. The van der Waals surface area contributed by atoms with Gasteiger partial charge in [0, 0.05) is 22.3 Å². The smallest absolute Gasteiger partial charge is 0.267 e. The number of ether oxygens (including phenoxy) is 2. The van der Waals surface area contributed by atoms with E-state index in [9.17, 15) is 9.59 Å². The zero-order valence-electron chi connectivity index (χ0n) is 16.7. The zero-order valence-corrected chi connectivity index (χ0v) is 17.5. The van der Waals surface area contributed by atoms with E-state index in [2.05, 4.69) is 10.4 Å². The maximum Gasteiger partial charge on any atom is 0.267 e. The molecule has 7 nitrogen and oxygen atoms in total. The first kappa shape index (κ1) is 20.0. The van der Waals surface area contributed by atoms with E-state index in [-0.39, 0.29) is 18.3 Å². The highest BCUT2D eigenvalue weighted by Gasteiger charge is 2.33. The molecule has 2 aromatic carbocycles. The van der Waals surface area contributed by atoms with Crippen molar-refractivity contribution in [3.8, 4) is 22.8 Å². The average molecular weight is 426 g/mol. The van der Waals surface area contributed by atoms with Crippen molar-refractivity contribution in [2.45, 2.75) is 26.3 Å². The molecule has 1 aromatic heterocycles. The Hall–Kier alpha value is -3.32. The highest BCUT2D eigenvalue weighted by Crippen LogP contribution is 2.35. The van der Waals surface area contributed by atoms with Crippen LogP contribution in [0.25, 0.3) is 11.3 Å². The van der Waals surface area contributed by atoms with Crippen LogP contribution < -0.4 is 20.3 Å². The molecular weight excluding hydrogens is 406 g/mol. The van der Waals surface area contributed by atoms with E-state index in [1.54, 1.807) is 50.2 Å². The van der Waals surface area contributed by atoms with Gasteiger partial charge in [-0.2, -0.15) is 5.10 Å².